The zero-order valence-corrected chi connectivity index (χ0v) is 13.5. The maximum Gasteiger partial charge on any atom is 0.269 e. The fraction of sp³-hybridized carbons (Fsp3) is 0.278. The van der Waals surface area contributed by atoms with Crippen molar-refractivity contribution < 1.29 is 9.31 Å². The minimum Gasteiger partial charge on any atom is -0.381 e. The first-order chi connectivity index (χ1) is 12.1. The van der Waals surface area contributed by atoms with Crippen LogP contribution in [0.2, 0.25) is 0 Å². The fourth-order valence-electron chi connectivity index (χ4n) is 3.06. The summed E-state index contributed by atoms with van der Waals surface area (Å²) in [6.07, 6.45) is 1.84. The minimum atomic E-state index is -0.431. The highest BCUT2D eigenvalue weighted by atomic mass is 19.1. The Balaban J connectivity index is 1.69. The first-order valence-corrected chi connectivity index (χ1v) is 8.02. The Morgan fingerprint density at radius 1 is 1.28 bits per heavy atom. The largest absolute Gasteiger partial charge is 0.381 e. The number of hydrogen-bond acceptors (Lipinski definition) is 5. The topological polar surface area (TPSA) is 82.2 Å². The first-order valence-electron chi connectivity index (χ1n) is 8.02. The Hall–Kier alpha value is -3.14. The molecule has 0 radical (unpaired) electrons. The van der Waals surface area contributed by atoms with Gasteiger partial charge in [0.1, 0.15) is 5.82 Å². The molecule has 3 rings (SSSR count). The molecule has 2 aromatic rings. The SMILES string of the molecule is N#Cc1ccc(N2CCCC(Nc3ccc([N+](=O)[O-])cc3)C2)c(F)c1. The molecule has 1 fully saturated rings. The van der Waals surface area contributed by atoms with Gasteiger partial charge in [-0.05, 0) is 43.2 Å². The Bertz CT molecular complexity index is 817. The summed E-state index contributed by atoms with van der Waals surface area (Å²) in [5.74, 6) is -0.393. The van der Waals surface area contributed by atoms with Crippen LogP contribution in [-0.2, 0) is 0 Å². The summed E-state index contributed by atoms with van der Waals surface area (Å²) >= 11 is 0. The highest BCUT2D eigenvalue weighted by Gasteiger charge is 2.22. The van der Waals surface area contributed by atoms with Crippen LogP contribution < -0.4 is 10.2 Å². The Morgan fingerprint density at radius 3 is 2.68 bits per heavy atom. The lowest BCUT2D eigenvalue weighted by atomic mass is 10.0. The second-order valence-corrected chi connectivity index (χ2v) is 6.01. The van der Waals surface area contributed by atoms with E-state index < -0.39 is 10.7 Å². The van der Waals surface area contributed by atoms with Crippen molar-refractivity contribution in [3.8, 4) is 6.07 Å². The van der Waals surface area contributed by atoms with Gasteiger partial charge in [-0.1, -0.05) is 0 Å². The van der Waals surface area contributed by atoms with E-state index in [-0.39, 0.29) is 11.7 Å². The predicted octanol–water partition coefficient (Wildman–Crippen LogP) is 3.69. The highest BCUT2D eigenvalue weighted by Crippen LogP contribution is 2.26. The smallest absolute Gasteiger partial charge is 0.269 e. The number of piperidine rings is 1. The molecule has 6 nitrogen and oxygen atoms in total. The Labute approximate surface area is 144 Å². The molecule has 1 saturated heterocycles. The molecule has 0 saturated carbocycles. The third-order valence-electron chi connectivity index (χ3n) is 4.29. The molecule has 1 unspecified atom stereocenters. The molecule has 128 valence electrons. The van der Waals surface area contributed by atoms with Crippen molar-refractivity contribution in [3.05, 3.63) is 64.0 Å². The number of nitriles is 1. The summed E-state index contributed by atoms with van der Waals surface area (Å²) < 4.78 is 14.2. The normalized spacial score (nSPS) is 17.0. The van der Waals surface area contributed by atoms with Gasteiger partial charge in [0, 0.05) is 37.0 Å². The predicted molar refractivity (Wildman–Crippen MR) is 93.1 cm³/mol. The quantitative estimate of drug-likeness (QED) is 0.678. The number of benzene rings is 2. The number of halogens is 1. The maximum atomic E-state index is 14.2. The number of non-ortho nitro benzene ring substituents is 1. The molecule has 7 heteroatoms. The van der Waals surface area contributed by atoms with Gasteiger partial charge < -0.3 is 10.2 Å². The average molecular weight is 340 g/mol. The van der Waals surface area contributed by atoms with Crippen LogP contribution in [0.4, 0.5) is 21.5 Å². The monoisotopic (exact) mass is 340 g/mol. The number of nitro benzene ring substituents is 1. The molecule has 1 aliphatic rings. The Morgan fingerprint density at radius 2 is 2.04 bits per heavy atom. The zero-order chi connectivity index (χ0) is 17.8. The van der Waals surface area contributed by atoms with Crippen LogP contribution in [0.5, 0.6) is 0 Å². The van der Waals surface area contributed by atoms with Crippen molar-refractivity contribution in [1.29, 1.82) is 5.26 Å². The van der Waals surface area contributed by atoms with Gasteiger partial charge in [-0.3, -0.25) is 10.1 Å². The van der Waals surface area contributed by atoms with Gasteiger partial charge in [-0.15, -0.1) is 0 Å². The molecular formula is C18H17FN4O2. The van der Waals surface area contributed by atoms with Crippen LogP contribution in [-0.4, -0.2) is 24.1 Å². The van der Waals surface area contributed by atoms with Gasteiger partial charge in [0.15, 0.2) is 0 Å². The minimum absolute atomic E-state index is 0.0514. The lowest BCUT2D eigenvalue weighted by Gasteiger charge is -2.35. The molecule has 25 heavy (non-hydrogen) atoms. The second-order valence-electron chi connectivity index (χ2n) is 6.01. The van der Waals surface area contributed by atoms with E-state index in [0.29, 0.717) is 17.8 Å². The Kier molecular flexibility index (Phi) is 4.80. The molecule has 1 aliphatic heterocycles. The fourth-order valence-corrected chi connectivity index (χ4v) is 3.06. The summed E-state index contributed by atoms with van der Waals surface area (Å²) in [5.41, 5.74) is 1.65. The van der Waals surface area contributed by atoms with E-state index in [4.69, 9.17) is 5.26 Å². The van der Waals surface area contributed by atoms with Crippen LogP contribution in [0.3, 0.4) is 0 Å². The van der Waals surface area contributed by atoms with Gasteiger partial charge in [-0.2, -0.15) is 5.26 Å². The summed E-state index contributed by atoms with van der Waals surface area (Å²) in [6.45, 7) is 1.38. The maximum absolute atomic E-state index is 14.2. The van der Waals surface area contributed by atoms with E-state index in [1.807, 2.05) is 11.0 Å². The molecule has 2 aromatic carbocycles. The van der Waals surface area contributed by atoms with Crippen molar-refractivity contribution >= 4 is 17.1 Å². The first kappa shape index (κ1) is 16.7. The molecule has 1 N–H and O–H groups in total. The molecule has 1 heterocycles. The third kappa shape index (κ3) is 3.86. The molecule has 0 aromatic heterocycles. The third-order valence-corrected chi connectivity index (χ3v) is 4.29. The van der Waals surface area contributed by atoms with Gasteiger partial charge in [0.05, 0.1) is 22.2 Å². The van der Waals surface area contributed by atoms with Crippen molar-refractivity contribution in [1.82, 2.24) is 0 Å². The van der Waals surface area contributed by atoms with Gasteiger partial charge in [0.25, 0.3) is 5.69 Å². The highest BCUT2D eigenvalue weighted by molar-refractivity contribution is 5.53. The summed E-state index contributed by atoms with van der Waals surface area (Å²) in [5, 5.41) is 22.9. The second kappa shape index (κ2) is 7.18. The van der Waals surface area contributed by atoms with Gasteiger partial charge >= 0.3 is 0 Å². The summed E-state index contributed by atoms with van der Waals surface area (Å²) in [4.78, 5) is 12.2. The van der Waals surface area contributed by atoms with E-state index in [2.05, 4.69) is 5.32 Å². The van der Waals surface area contributed by atoms with E-state index in [9.17, 15) is 14.5 Å². The number of anilines is 2. The van der Waals surface area contributed by atoms with Crippen molar-refractivity contribution in [3.63, 3.8) is 0 Å². The number of rotatable bonds is 4. The van der Waals surface area contributed by atoms with E-state index >= 15 is 0 Å². The number of nitro groups is 1. The molecule has 0 amide bonds. The number of nitrogens with zero attached hydrogens (tertiary/aromatic N) is 3. The van der Waals surface area contributed by atoms with Crippen molar-refractivity contribution in [2.75, 3.05) is 23.3 Å². The van der Waals surface area contributed by atoms with Crippen LogP contribution in [0.15, 0.2) is 42.5 Å². The lowest BCUT2D eigenvalue weighted by molar-refractivity contribution is -0.384. The molecule has 0 spiro atoms. The lowest BCUT2D eigenvalue weighted by Crippen LogP contribution is -2.42. The molecular weight excluding hydrogens is 323 g/mol. The van der Waals surface area contributed by atoms with Crippen LogP contribution in [0, 0.1) is 27.3 Å². The molecule has 0 bridgehead atoms. The van der Waals surface area contributed by atoms with Gasteiger partial charge in [-0.25, -0.2) is 4.39 Å². The molecule has 1 atom stereocenters. The van der Waals surface area contributed by atoms with Gasteiger partial charge in [0.2, 0.25) is 0 Å². The summed E-state index contributed by atoms with van der Waals surface area (Å²) in [6, 6.07) is 12.8. The van der Waals surface area contributed by atoms with Crippen molar-refractivity contribution in [2.45, 2.75) is 18.9 Å². The molecule has 0 aliphatic carbocycles. The van der Waals surface area contributed by atoms with Crippen LogP contribution in [0.1, 0.15) is 18.4 Å². The average Bonchev–Trinajstić information content (AvgIpc) is 2.62. The van der Waals surface area contributed by atoms with Crippen molar-refractivity contribution in [2.24, 2.45) is 0 Å². The standard InChI is InChI=1S/C18H17FN4O2/c19-17-10-13(11-20)3-8-18(17)22-9-1-2-15(12-22)21-14-4-6-16(7-5-14)23(24)25/h3-8,10,15,21H,1-2,9,12H2. The van der Waals surface area contributed by atoms with E-state index in [0.717, 1.165) is 25.1 Å². The zero-order valence-electron chi connectivity index (χ0n) is 13.5. The van der Waals surface area contributed by atoms with Crippen LogP contribution in [0.25, 0.3) is 0 Å². The number of nitrogens with one attached hydrogen (secondary N) is 1. The number of hydrogen-bond donors (Lipinski definition) is 1. The van der Waals surface area contributed by atoms with E-state index in [1.165, 1.54) is 18.2 Å². The van der Waals surface area contributed by atoms with E-state index in [1.54, 1.807) is 24.3 Å². The summed E-state index contributed by atoms with van der Waals surface area (Å²) in [7, 11) is 0. The van der Waals surface area contributed by atoms with Crippen LogP contribution >= 0.6 is 0 Å².